The molecule has 1 unspecified atom stereocenters. The minimum Gasteiger partial charge on any atom is -0.458 e. The molecule has 2 aromatic heterocycles. The number of nitrogens with one attached hydrogen (secondary N) is 7. The third-order valence-electron chi connectivity index (χ3n) is 16.7. The molecular formula is C59H74FN11O18. The van der Waals surface area contributed by atoms with Gasteiger partial charge in [-0.2, -0.15) is 0 Å². The lowest BCUT2D eigenvalue weighted by Gasteiger charge is -2.32. The summed E-state index contributed by atoms with van der Waals surface area (Å²) in [5.74, 6) is -9.33. The number of aliphatic hydroxyl groups is 3. The molecule has 6 heterocycles. The number of aryl methyl sites for hydroxylation is 1. The van der Waals surface area contributed by atoms with Crippen molar-refractivity contribution in [3.05, 3.63) is 73.8 Å². The molecule has 12 N–H and O–H groups in total. The van der Waals surface area contributed by atoms with Crippen molar-refractivity contribution in [3.8, 4) is 11.4 Å². The van der Waals surface area contributed by atoms with E-state index in [0.717, 1.165) is 12.2 Å². The van der Waals surface area contributed by atoms with Gasteiger partial charge in [0.1, 0.15) is 62.1 Å². The highest BCUT2D eigenvalue weighted by Gasteiger charge is 2.47. The first-order valence-corrected chi connectivity index (χ1v) is 29.2. The van der Waals surface area contributed by atoms with Gasteiger partial charge in [-0.05, 0) is 82.1 Å². The molecule has 1 aliphatic carbocycles. The highest BCUT2D eigenvalue weighted by molar-refractivity contribution is 6.14. The first-order valence-electron chi connectivity index (χ1n) is 29.2. The largest absolute Gasteiger partial charge is 0.458 e. The van der Waals surface area contributed by atoms with Crippen molar-refractivity contribution in [2.45, 2.75) is 161 Å². The number of benzene rings is 1. The van der Waals surface area contributed by atoms with E-state index in [9.17, 15) is 72.9 Å². The van der Waals surface area contributed by atoms with E-state index in [1.165, 1.54) is 17.6 Å². The fraction of sp³-hybridized carbons (Fsp3) is 0.542. The summed E-state index contributed by atoms with van der Waals surface area (Å²) in [7, 11) is 0. The Kier molecular flexibility index (Phi) is 20.2. The SMILES string of the molecule is CC[C@@]1(O)C(=O)OCc2c1cc1n(c2=O)Cc2c-1nc1cc(F)c(C)c3c1c2[C@@H](NC(=O)C(C)(C)COCNC(=O)[C@H](C)NC(=O)[C@@H](NC(=O)C(CCC(=O)NC[C@H]1O[C@@H](CC(N)=O)[C@H](O)[C@@H]1O)NC(=O)CCNC(=O)CN1C(=O)C=CC1=O)C(C)C)CC3. The summed E-state index contributed by atoms with van der Waals surface area (Å²) in [5, 5.41) is 51.0. The van der Waals surface area contributed by atoms with Gasteiger partial charge >= 0.3 is 5.97 Å². The number of imide groups is 1. The molecule has 0 saturated carbocycles. The second-order valence-electron chi connectivity index (χ2n) is 23.8. The van der Waals surface area contributed by atoms with Crippen molar-refractivity contribution in [2.24, 2.45) is 17.1 Å². The molecule has 0 spiro atoms. The van der Waals surface area contributed by atoms with Gasteiger partial charge in [0.05, 0.1) is 59.6 Å². The highest BCUT2D eigenvalue weighted by Crippen LogP contribution is 2.46. The molecule has 29 nitrogen and oxygen atoms in total. The molecule has 8 rings (SSSR count). The average Bonchev–Trinajstić information content (AvgIpc) is 1.65. The van der Waals surface area contributed by atoms with Crippen molar-refractivity contribution in [2.75, 3.05) is 33.0 Å². The molecular weight excluding hydrogens is 1170 g/mol. The highest BCUT2D eigenvalue weighted by atomic mass is 19.1. The zero-order valence-electron chi connectivity index (χ0n) is 50.2. The number of carbonyl (C=O) groups is 11. The number of halogens is 1. The summed E-state index contributed by atoms with van der Waals surface area (Å²) in [5.41, 5.74) is 4.96. The number of cyclic esters (lactones) is 1. The van der Waals surface area contributed by atoms with Crippen LogP contribution in [-0.4, -0.2) is 170 Å². The predicted octanol–water partition coefficient (Wildman–Crippen LogP) is -2.43. The topological polar surface area (TPSA) is 425 Å². The van der Waals surface area contributed by atoms with Crippen LogP contribution in [0.4, 0.5) is 4.39 Å². The predicted molar refractivity (Wildman–Crippen MR) is 308 cm³/mol. The maximum absolute atomic E-state index is 15.5. The number of nitrogens with two attached hydrogens (primary N) is 1. The van der Waals surface area contributed by atoms with Gasteiger partial charge in [0.15, 0.2) is 5.60 Å². The molecule has 9 atom stereocenters. The van der Waals surface area contributed by atoms with Gasteiger partial charge in [-0.1, -0.05) is 20.8 Å². The van der Waals surface area contributed by atoms with Gasteiger partial charge in [-0.25, -0.2) is 14.2 Å². The molecule has 1 fully saturated rings. The number of primary amides is 1. The first kappa shape index (κ1) is 66.4. The maximum Gasteiger partial charge on any atom is 0.343 e. The fourth-order valence-electron chi connectivity index (χ4n) is 11.4. The summed E-state index contributed by atoms with van der Waals surface area (Å²) in [4.78, 5) is 162. The molecule has 4 aliphatic heterocycles. The van der Waals surface area contributed by atoms with Crippen molar-refractivity contribution in [1.29, 1.82) is 0 Å². The van der Waals surface area contributed by atoms with E-state index in [0.29, 0.717) is 62.3 Å². The Morgan fingerprint density at radius 2 is 1.57 bits per heavy atom. The molecule has 3 aromatic rings. The van der Waals surface area contributed by atoms with E-state index in [4.69, 9.17) is 24.9 Å². The van der Waals surface area contributed by atoms with Gasteiger partial charge in [0.25, 0.3) is 17.4 Å². The number of ether oxygens (including phenoxy) is 3. The number of amides is 10. The van der Waals surface area contributed by atoms with Gasteiger partial charge < -0.3 is 77.0 Å². The third-order valence-corrected chi connectivity index (χ3v) is 16.7. The Morgan fingerprint density at radius 3 is 2.25 bits per heavy atom. The number of hydrogen-bond acceptors (Lipinski definition) is 19. The minimum atomic E-state index is -2.08. The zero-order valence-corrected chi connectivity index (χ0v) is 50.2. The van der Waals surface area contributed by atoms with Crippen molar-refractivity contribution in [3.63, 3.8) is 0 Å². The van der Waals surface area contributed by atoms with Crippen LogP contribution < -0.4 is 48.5 Å². The van der Waals surface area contributed by atoms with Crippen LogP contribution >= 0.6 is 0 Å². The van der Waals surface area contributed by atoms with E-state index in [1.54, 1.807) is 47.6 Å². The van der Waals surface area contributed by atoms with Crippen LogP contribution in [0.2, 0.25) is 0 Å². The van der Waals surface area contributed by atoms with Gasteiger partial charge in [0, 0.05) is 60.7 Å². The molecule has 1 saturated heterocycles. The van der Waals surface area contributed by atoms with E-state index in [2.05, 4.69) is 37.2 Å². The van der Waals surface area contributed by atoms with E-state index >= 15 is 4.39 Å². The Balaban J connectivity index is 0.862. The standard InChI is InChI=1S/C59H74FN11O18/c1-8-59(86)32-17-37-49-30(21-70(37)55(83)31(32)23-88-57(59)85)47-34(10-9-29-27(4)33(60)18-36(67-49)46(29)47)68-56(84)58(6,7)24-87-25-64-52(80)28(5)65-54(82)48(26(2)3)69-53(81)35(66-42(74)15-16-62-43(75)22-71-44(76)13-14-45(71)77)11-12-41(73)63-20-39-51(79)50(78)38(89-39)19-40(61)72/h13-14,17-18,26,28,34-35,38-39,48,50-51,78-79,86H,8-12,15-16,19-25H2,1-7H3,(H2,61,72)(H,62,75)(H,63,73)(H,64,80)(H,65,82)(H,66,74)(H,68,84)(H,69,81)/t28-,34-,35?,38-,39+,48-,50-,51+,59-/m0/s1. The van der Waals surface area contributed by atoms with Crippen LogP contribution in [0.5, 0.6) is 0 Å². The number of hydrogen-bond donors (Lipinski definition) is 11. The van der Waals surface area contributed by atoms with Gasteiger partial charge in [-0.15, -0.1) is 0 Å². The first-order chi connectivity index (χ1) is 41.9. The normalized spacial score (nSPS) is 21.7. The van der Waals surface area contributed by atoms with Crippen LogP contribution in [-0.2, 0) is 92.1 Å². The summed E-state index contributed by atoms with van der Waals surface area (Å²) < 4.78 is 33.5. The number of nitrogens with zero attached hydrogens (tertiary/aromatic N) is 3. The summed E-state index contributed by atoms with van der Waals surface area (Å²) in [6.07, 6.45) is -4.16. The van der Waals surface area contributed by atoms with E-state index in [1.807, 2.05) is 0 Å². The number of aromatic nitrogens is 2. The lowest BCUT2D eigenvalue weighted by atomic mass is 9.81. The molecule has 30 heteroatoms. The van der Waals surface area contributed by atoms with Crippen LogP contribution in [0.3, 0.4) is 0 Å². The third kappa shape index (κ3) is 14.1. The van der Waals surface area contributed by atoms with Crippen molar-refractivity contribution >= 4 is 75.9 Å². The second-order valence-corrected chi connectivity index (χ2v) is 23.8. The quantitative estimate of drug-likeness (QED) is 0.0135. The lowest BCUT2D eigenvalue weighted by molar-refractivity contribution is -0.172. The minimum absolute atomic E-state index is 0.0299. The Labute approximate surface area is 508 Å². The number of rotatable bonds is 26. The van der Waals surface area contributed by atoms with Gasteiger partial charge in [0.2, 0.25) is 47.3 Å². The van der Waals surface area contributed by atoms with Crippen LogP contribution in [0, 0.1) is 24.1 Å². The maximum atomic E-state index is 15.5. The number of esters is 1. The molecule has 480 valence electrons. The Bertz CT molecular complexity index is 3500. The second kappa shape index (κ2) is 27.0. The van der Waals surface area contributed by atoms with Crippen molar-refractivity contribution in [1.82, 2.24) is 51.7 Å². The molecule has 89 heavy (non-hydrogen) atoms. The molecule has 10 amide bonds. The smallest absolute Gasteiger partial charge is 0.343 e. The molecule has 0 radical (unpaired) electrons. The summed E-state index contributed by atoms with van der Waals surface area (Å²) >= 11 is 0. The van der Waals surface area contributed by atoms with Crippen LogP contribution in [0.25, 0.3) is 22.3 Å². The van der Waals surface area contributed by atoms with E-state index < -0.39 is 174 Å². The van der Waals surface area contributed by atoms with Crippen LogP contribution in [0.15, 0.2) is 29.1 Å². The zero-order chi connectivity index (χ0) is 65.1. The van der Waals surface area contributed by atoms with Crippen LogP contribution in [0.1, 0.15) is 119 Å². The lowest BCUT2D eigenvalue weighted by Crippen LogP contribution is -2.58. The Morgan fingerprint density at radius 1 is 0.876 bits per heavy atom. The number of aliphatic hydroxyl groups excluding tert-OH is 2. The average molecular weight is 1240 g/mol. The molecule has 5 aliphatic rings. The monoisotopic (exact) mass is 1240 g/mol. The number of carbonyl (C=O) groups excluding carboxylic acids is 11. The molecule has 0 bridgehead atoms. The number of pyridine rings is 2. The van der Waals surface area contributed by atoms with Gasteiger partial charge in [-0.3, -0.25) is 57.6 Å². The number of fused-ring (bicyclic) bond motifs is 5. The summed E-state index contributed by atoms with van der Waals surface area (Å²) in [6.45, 7) is 8.87. The fourth-order valence-corrected chi connectivity index (χ4v) is 11.4. The summed E-state index contributed by atoms with van der Waals surface area (Å²) in [6, 6.07) is -1.83. The van der Waals surface area contributed by atoms with E-state index in [-0.39, 0.29) is 56.8 Å². The molecule has 1 aromatic carbocycles. The Hall–Kier alpha value is -8.58. The van der Waals surface area contributed by atoms with Crippen molar-refractivity contribution < 1.29 is 86.7 Å².